The molecule has 63 heavy (non-hydrogen) atoms. The van der Waals surface area contributed by atoms with Gasteiger partial charge < -0.3 is 4.90 Å². The van der Waals surface area contributed by atoms with Crippen LogP contribution in [0.3, 0.4) is 0 Å². The molecule has 9 aromatic carbocycles. The van der Waals surface area contributed by atoms with Gasteiger partial charge in [0, 0.05) is 28.4 Å². The Labute approximate surface area is 371 Å². The van der Waals surface area contributed by atoms with Crippen LogP contribution in [-0.2, 0) is 17.3 Å². The summed E-state index contributed by atoms with van der Waals surface area (Å²) in [5, 5.41) is 0. The molecule has 0 saturated carbocycles. The number of fused-ring (bicyclic) bond motifs is 10. The van der Waals surface area contributed by atoms with Crippen molar-refractivity contribution in [1.82, 2.24) is 0 Å². The van der Waals surface area contributed by atoms with Crippen LogP contribution in [0.25, 0.3) is 39.5 Å². The van der Waals surface area contributed by atoms with Gasteiger partial charge in [0.2, 0.25) is 0 Å². The Kier molecular flexibility index (Phi) is 8.63. The van der Waals surface area contributed by atoms with Crippen molar-refractivity contribution in [2.75, 3.05) is 4.90 Å². The van der Waals surface area contributed by atoms with Gasteiger partial charge in [-0.1, -0.05) is 208 Å². The van der Waals surface area contributed by atoms with Crippen molar-refractivity contribution >= 4 is 23.1 Å². The Bertz CT molecular complexity index is 3160. The summed E-state index contributed by atoms with van der Waals surface area (Å²) in [6.07, 6.45) is 5.67. The van der Waals surface area contributed by atoms with E-state index in [1.54, 1.807) is 0 Å². The summed E-state index contributed by atoms with van der Waals surface area (Å²) in [4.78, 5) is 2.39. The molecule has 1 spiro atoms. The van der Waals surface area contributed by atoms with Crippen LogP contribution >= 0.6 is 0 Å². The summed E-state index contributed by atoms with van der Waals surface area (Å²) in [5.74, 6) is 0.353. The maximum Gasteiger partial charge on any atom is 0.0719 e. The third-order valence-corrected chi connectivity index (χ3v) is 14.3. The number of hydrogen-bond acceptors (Lipinski definition) is 1. The van der Waals surface area contributed by atoms with E-state index in [4.69, 9.17) is 0 Å². The van der Waals surface area contributed by atoms with E-state index in [1.807, 2.05) is 0 Å². The lowest BCUT2D eigenvalue weighted by Gasteiger charge is -2.46. The Hall–Kier alpha value is -7.48. The molecule has 3 aliphatic rings. The predicted molar refractivity (Wildman–Crippen MR) is 263 cm³/mol. The van der Waals surface area contributed by atoms with Gasteiger partial charge in [-0.3, -0.25) is 0 Å². The standard InChI is InChI=1S/C62H47N/c1-61(2)55-22-10-12-24-57(55)62(58-25-13-11-23-56(58)61)54-21-9-8-19-53(54)60-52(20-14-26-59(60)62)46-33-39-51(40-34-46)63(49-35-29-44(30-36-49)42-15-4-3-5-16-42)50-37-31-45(32-38-50)48-28-27-43-17-6-7-18-47(43)41-48/h3-40,48H,41H2,1-2H3. The van der Waals surface area contributed by atoms with Crippen LogP contribution in [0.5, 0.6) is 0 Å². The fraction of sp³-hybridized carbons (Fsp3) is 0.0968. The molecule has 1 atom stereocenters. The average molecular weight is 806 g/mol. The molecule has 0 N–H and O–H groups in total. The second-order valence-electron chi connectivity index (χ2n) is 18.0. The third kappa shape index (κ3) is 5.76. The van der Waals surface area contributed by atoms with Crippen LogP contribution in [0, 0.1) is 0 Å². The van der Waals surface area contributed by atoms with Gasteiger partial charge in [0.05, 0.1) is 5.41 Å². The van der Waals surface area contributed by atoms with Gasteiger partial charge in [-0.25, -0.2) is 0 Å². The molecule has 300 valence electrons. The van der Waals surface area contributed by atoms with Gasteiger partial charge in [-0.15, -0.1) is 0 Å². The van der Waals surface area contributed by atoms with Crippen LogP contribution in [-0.4, -0.2) is 0 Å². The first-order valence-electron chi connectivity index (χ1n) is 22.4. The maximum atomic E-state index is 2.39. The summed E-state index contributed by atoms with van der Waals surface area (Å²) >= 11 is 0. The largest absolute Gasteiger partial charge is 0.311 e. The smallest absolute Gasteiger partial charge is 0.0719 e. The number of anilines is 3. The summed E-state index contributed by atoms with van der Waals surface area (Å²) in [5.41, 5.74) is 22.7. The highest BCUT2D eigenvalue weighted by Gasteiger charge is 2.53. The molecule has 0 heterocycles. The monoisotopic (exact) mass is 805 g/mol. The Morgan fingerprint density at radius 1 is 0.397 bits per heavy atom. The van der Waals surface area contributed by atoms with Gasteiger partial charge in [0.15, 0.2) is 0 Å². The van der Waals surface area contributed by atoms with Gasteiger partial charge in [-0.2, -0.15) is 0 Å². The zero-order valence-corrected chi connectivity index (χ0v) is 35.7. The molecule has 9 aromatic rings. The van der Waals surface area contributed by atoms with Crippen molar-refractivity contribution in [3.63, 3.8) is 0 Å². The average Bonchev–Trinajstić information content (AvgIpc) is 3.65. The molecule has 1 nitrogen and oxygen atoms in total. The first-order chi connectivity index (χ1) is 31.0. The molecule has 0 aromatic heterocycles. The molecule has 0 amide bonds. The van der Waals surface area contributed by atoms with E-state index in [2.05, 4.69) is 249 Å². The summed E-state index contributed by atoms with van der Waals surface area (Å²) in [7, 11) is 0. The molecule has 0 aliphatic heterocycles. The van der Waals surface area contributed by atoms with Crippen molar-refractivity contribution in [3.8, 4) is 33.4 Å². The molecule has 0 fully saturated rings. The van der Waals surface area contributed by atoms with E-state index >= 15 is 0 Å². The molecule has 0 bridgehead atoms. The quantitative estimate of drug-likeness (QED) is 0.162. The molecular formula is C62H47N. The lowest BCUT2D eigenvalue weighted by Crippen LogP contribution is -2.40. The van der Waals surface area contributed by atoms with Crippen LogP contribution in [0.2, 0.25) is 0 Å². The molecular weight excluding hydrogens is 759 g/mol. The minimum absolute atomic E-state index is 0.128. The van der Waals surface area contributed by atoms with E-state index in [0.29, 0.717) is 5.92 Å². The van der Waals surface area contributed by atoms with Crippen molar-refractivity contribution in [2.45, 2.75) is 37.0 Å². The van der Waals surface area contributed by atoms with E-state index < -0.39 is 5.41 Å². The molecule has 12 rings (SSSR count). The molecule has 3 aliphatic carbocycles. The molecule has 0 radical (unpaired) electrons. The first kappa shape index (κ1) is 37.3. The molecule has 1 heteroatoms. The number of nitrogens with zero attached hydrogens (tertiary/aromatic N) is 1. The number of benzene rings is 9. The Morgan fingerprint density at radius 2 is 0.889 bits per heavy atom. The van der Waals surface area contributed by atoms with Crippen molar-refractivity contribution in [2.24, 2.45) is 0 Å². The Morgan fingerprint density at radius 3 is 1.56 bits per heavy atom. The molecule has 1 unspecified atom stereocenters. The Balaban J connectivity index is 0.966. The van der Waals surface area contributed by atoms with Gasteiger partial charge in [0.25, 0.3) is 0 Å². The van der Waals surface area contributed by atoms with Crippen LogP contribution in [0.1, 0.15) is 69.8 Å². The van der Waals surface area contributed by atoms with E-state index in [0.717, 1.165) is 23.5 Å². The minimum Gasteiger partial charge on any atom is -0.311 e. The number of hydrogen-bond donors (Lipinski definition) is 0. The summed E-state index contributed by atoms with van der Waals surface area (Å²) < 4.78 is 0. The summed E-state index contributed by atoms with van der Waals surface area (Å²) in [6, 6.07) is 81.4. The van der Waals surface area contributed by atoms with Crippen molar-refractivity contribution in [3.05, 3.63) is 275 Å². The van der Waals surface area contributed by atoms with E-state index in [1.165, 1.54) is 83.5 Å². The highest BCUT2D eigenvalue weighted by Crippen LogP contribution is 2.63. The second-order valence-corrected chi connectivity index (χ2v) is 18.0. The fourth-order valence-electron chi connectivity index (χ4n) is 11.3. The van der Waals surface area contributed by atoms with Crippen LogP contribution < -0.4 is 4.90 Å². The zero-order chi connectivity index (χ0) is 42.1. The lowest BCUT2D eigenvalue weighted by atomic mass is 9.55. The normalized spacial score (nSPS) is 15.7. The summed E-state index contributed by atoms with van der Waals surface area (Å²) in [6.45, 7) is 4.78. The third-order valence-electron chi connectivity index (χ3n) is 14.3. The topological polar surface area (TPSA) is 3.24 Å². The fourth-order valence-corrected chi connectivity index (χ4v) is 11.3. The number of rotatable bonds is 6. The minimum atomic E-state index is -0.420. The zero-order valence-electron chi connectivity index (χ0n) is 35.7. The van der Waals surface area contributed by atoms with Crippen LogP contribution in [0.15, 0.2) is 224 Å². The SMILES string of the molecule is CC1(C)c2ccccc2C2(c3ccccc3-c3c(-c4ccc(N(c5ccc(-c6ccccc6)cc5)c5ccc(C6C=Cc7ccccc7C6)cc5)cc4)cccc32)c2ccccc21. The van der Waals surface area contributed by atoms with Gasteiger partial charge >= 0.3 is 0 Å². The van der Waals surface area contributed by atoms with Gasteiger partial charge in [0.1, 0.15) is 0 Å². The predicted octanol–water partition coefficient (Wildman–Crippen LogP) is 15.8. The highest BCUT2D eigenvalue weighted by atomic mass is 15.1. The first-order valence-corrected chi connectivity index (χ1v) is 22.4. The number of allylic oxidation sites excluding steroid dienone is 1. The van der Waals surface area contributed by atoms with Crippen LogP contribution in [0.4, 0.5) is 17.1 Å². The second kappa shape index (κ2) is 14.6. The van der Waals surface area contributed by atoms with Crippen molar-refractivity contribution < 1.29 is 0 Å². The molecule has 0 saturated heterocycles. The van der Waals surface area contributed by atoms with Crippen molar-refractivity contribution in [1.29, 1.82) is 0 Å². The van der Waals surface area contributed by atoms with E-state index in [9.17, 15) is 0 Å². The lowest BCUT2D eigenvalue weighted by molar-refractivity contribution is 0.563. The van der Waals surface area contributed by atoms with Gasteiger partial charge in [-0.05, 0) is 126 Å². The maximum absolute atomic E-state index is 2.39. The highest BCUT2D eigenvalue weighted by molar-refractivity contribution is 5.97. The van der Waals surface area contributed by atoms with E-state index in [-0.39, 0.29) is 5.41 Å².